The summed E-state index contributed by atoms with van der Waals surface area (Å²) in [7, 11) is 0. The van der Waals surface area contributed by atoms with E-state index in [4.69, 9.17) is 5.73 Å². The van der Waals surface area contributed by atoms with Crippen LogP contribution >= 0.6 is 0 Å². The Bertz CT molecular complexity index is 708. The van der Waals surface area contributed by atoms with Crippen molar-refractivity contribution in [1.82, 2.24) is 9.97 Å². The molecule has 94 valence electrons. The zero-order valence-electron chi connectivity index (χ0n) is 10.00. The van der Waals surface area contributed by atoms with Crippen molar-refractivity contribution in [1.29, 1.82) is 0 Å². The fourth-order valence-corrected chi connectivity index (χ4v) is 2.34. The summed E-state index contributed by atoms with van der Waals surface area (Å²) in [4.78, 5) is 19.5. The van der Waals surface area contributed by atoms with Crippen LogP contribution in [0.1, 0.15) is 27.2 Å². The van der Waals surface area contributed by atoms with E-state index in [0.29, 0.717) is 12.0 Å². The molecule has 0 spiro atoms. The number of aromatic carboxylic acids is 1. The van der Waals surface area contributed by atoms with Gasteiger partial charge in [-0.05, 0) is 17.7 Å². The molecule has 2 aromatic heterocycles. The number of nitrogen functional groups attached to an aromatic ring is 1. The third-order valence-corrected chi connectivity index (χ3v) is 3.16. The van der Waals surface area contributed by atoms with Crippen LogP contribution in [0.4, 0.5) is 5.82 Å². The summed E-state index contributed by atoms with van der Waals surface area (Å²) < 4.78 is 0. The van der Waals surface area contributed by atoms with Crippen LogP contribution < -0.4 is 5.73 Å². The van der Waals surface area contributed by atoms with Crippen molar-refractivity contribution in [3.8, 4) is 0 Å². The second-order valence-electron chi connectivity index (χ2n) is 4.24. The SMILES string of the molecule is Nc1nccc(C2=CCc3ncccc32)c1C(=O)O. The van der Waals surface area contributed by atoms with Gasteiger partial charge in [-0.3, -0.25) is 4.98 Å². The summed E-state index contributed by atoms with van der Waals surface area (Å²) in [6.45, 7) is 0. The van der Waals surface area contributed by atoms with Gasteiger partial charge in [-0.1, -0.05) is 12.1 Å². The van der Waals surface area contributed by atoms with Crippen molar-refractivity contribution in [2.75, 3.05) is 5.73 Å². The molecule has 0 radical (unpaired) electrons. The lowest BCUT2D eigenvalue weighted by Crippen LogP contribution is -2.08. The number of rotatable bonds is 2. The minimum atomic E-state index is -1.07. The number of fused-ring (bicyclic) bond motifs is 1. The van der Waals surface area contributed by atoms with Crippen LogP contribution in [0.15, 0.2) is 36.7 Å². The van der Waals surface area contributed by atoms with Crippen LogP contribution in [0.25, 0.3) is 5.57 Å². The van der Waals surface area contributed by atoms with Gasteiger partial charge < -0.3 is 10.8 Å². The van der Waals surface area contributed by atoms with E-state index in [-0.39, 0.29) is 11.4 Å². The van der Waals surface area contributed by atoms with Crippen LogP contribution in [0.3, 0.4) is 0 Å². The maximum absolute atomic E-state index is 11.3. The lowest BCUT2D eigenvalue weighted by molar-refractivity contribution is 0.0697. The molecule has 19 heavy (non-hydrogen) atoms. The predicted molar refractivity (Wildman–Crippen MR) is 70.6 cm³/mol. The number of pyridine rings is 2. The minimum Gasteiger partial charge on any atom is -0.478 e. The maximum atomic E-state index is 11.3. The molecule has 0 saturated heterocycles. The highest BCUT2D eigenvalue weighted by atomic mass is 16.4. The van der Waals surface area contributed by atoms with Crippen molar-refractivity contribution >= 4 is 17.4 Å². The van der Waals surface area contributed by atoms with Crippen LogP contribution in [0.5, 0.6) is 0 Å². The fraction of sp³-hybridized carbons (Fsp3) is 0.0714. The summed E-state index contributed by atoms with van der Waals surface area (Å²) >= 11 is 0. The standard InChI is InChI=1S/C14H11N3O2/c15-13-12(14(18)19)10(5-7-17-13)8-3-4-11-9(8)2-1-6-16-11/h1-3,5-7H,4H2,(H2,15,17)(H,18,19). The number of carboxylic acid groups (broad SMARTS) is 1. The Kier molecular flexibility index (Phi) is 2.52. The molecule has 0 bridgehead atoms. The number of carbonyl (C=O) groups is 1. The van der Waals surface area contributed by atoms with Crippen LogP contribution in [0.2, 0.25) is 0 Å². The van der Waals surface area contributed by atoms with Gasteiger partial charge >= 0.3 is 5.97 Å². The first kappa shape index (κ1) is 11.4. The summed E-state index contributed by atoms with van der Waals surface area (Å²) in [5.41, 5.74) is 9.07. The highest BCUT2D eigenvalue weighted by molar-refractivity contribution is 6.01. The number of aromatic nitrogens is 2. The molecule has 0 fully saturated rings. The Morgan fingerprint density at radius 1 is 1.21 bits per heavy atom. The van der Waals surface area contributed by atoms with Gasteiger partial charge in [0.2, 0.25) is 0 Å². The number of carboxylic acids is 1. The molecular formula is C14H11N3O2. The largest absolute Gasteiger partial charge is 0.478 e. The lowest BCUT2D eigenvalue weighted by Gasteiger charge is -2.10. The molecule has 2 aromatic rings. The fourth-order valence-electron chi connectivity index (χ4n) is 2.34. The second-order valence-corrected chi connectivity index (χ2v) is 4.24. The van der Waals surface area contributed by atoms with E-state index in [9.17, 15) is 9.90 Å². The zero-order chi connectivity index (χ0) is 13.4. The highest BCUT2D eigenvalue weighted by Gasteiger charge is 2.23. The van der Waals surface area contributed by atoms with Gasteiger partial charge in [0.1, 0.15) is 11.4 Å². The Morgan fingerprint density at radius 2 is 2.05 bits per heavy atom. The van der Waals surface area contributed by atoms with Crippen molar-refractivity contribution in [2.45, 2.75) is 6.42 Å². The molecule has 1 aliphatic rings. The zero-order valence-corrected chi connectivity index (χ0v) is 10.00. The maximum Gasteiger partial charge on any atom is 0.340 e. The van der Waals surface area contributed by atoms with E-state index in [1.54, 1.807) is 12.3 Å². The van der Waals surface area contributed by atoms with E-state index >= 15 is 0 Å². The number of anilines is 1. The molecular weight excluding hydrogens is 242 g/mol. The molecule has 0 amide bonds. The summed E-state index contributed by atoms with van der Waals surface area (Å²) in [6, 6.07) is 5.44. The van der Waals surface area contributed by atoms with Crippen molar-refractivity contribution in [3.63, 3.8) is 0 Å². The van der Waals surface area contributed by atoms with Gasteiger partial charge in [-0.15, -0.1) is 0 Å². The summed E-state index contributed by atoms with van der Waals surface area (Å²) in [6.07, 6.45) is 5.92. The first-order valence-electron chi connectivity index (χ1n) is 5.81. The molecule has 3 rings (SSSR count). The van der Waals surface area contributed by atoms with Gasteiger partial charge in [-0.25, -0.2) is 9.78 Å². The Labute approximate surface area is 109 Å². The molecule has 3 N–H and O–H groups in total. The summed E-state index contributed by atoms with van der Waals surface area (Å²) in [5, 5.41) is 9.29. The number of hydrogen-bond acceptors (Lipinski definition) is 4. The Balaban J connectivity index is 2.20. The average Bonchev–Trinajstić information content (AvgIpc) is 2.81. The molecule has 0 aromatic carbocycles. The van der Waals surface area contributed by atoms with Gasteiger partial charge in [0, 0.05) is 29.9 Å². The third-order valence-electron chi connectivity index (χ3n) is 3.16. The molecule has 1 aliphatic carbocycles. The highest BCUT2D eigenvalue weighted by Crippen LogP contribution is 2.34. The monoisotopic (exact) mass is 253 g/mol. The molecule has 2 heterocycles. The van der Waals surface area contributed by atoms with E-state index in [2.05, 4.69) is 9.97 Å². The average molecular weight is 253 g/mol. The molecule has 0 aliphatic heterocycles. The molecule has 0 atom stereocenters. The van der Waals surface area contributed by atoms with E-state index in [1.165, 1.54) is 6.20 Å². The van der Waals surface area contributed by atoms with Gasteiger partial charge in [-0.2, -0.15) is 0 Å². The van der Waals surface area contributed by atoms with Crippen molar-refractivity contribution in [2.24, 2.45) is 0 Å². The number of hydrogen-bond donors (Lipinski definition) is 2. The second kappa shape index (κ2) is 4.20. The van der Waals surface area contributed by atoms with Crippen molar-refractivity contribution < 1.29 is 9.90 Å². The molecule has 5 heteroatoms. The molecule has 0 saturated carbocycles. The minimum absolute atomic E-state index is 0.0308. The lowest BCUT2D eigenvalue weighted by atomic mass is 9.97. The number of nitrogens with zero attached hydrogens (tertiary/aromatic N) is 2. The van der Waals surface area contributed by atoms with Gasteiger partial charge in [0.25, 0.3) is 0 Å². The summed E-state index contributed by atoms with van der Waals surface area (Å²) in [5.74, 6) is -1.04. The topological polar surface area (TPSA) is 89.1 Å². The normalized spacial score (nSPS) is 12.9. The van der Waals surface area contributed by atoms with Crippen LogP contribution in [-0.4, -0.2) is 21.0 Å². The van der Waals surface area contributed by atoms with E-state index in [1.807, 2.05) is 18.2 Å². The van der Waals surface area contributed by atoms with Gasteiger partial charge in [0.15, 0.2) is 0 Å². The third kappa shape index (κ3) is 1.76. The first-order valence-corrected chi connectivity index (χ1v) is 5.81. The van der Waals surface area contributed by atoms with E-state index < -0.39 is 5.97 Å². The smallest absolute Gasteiger partial charge is 0.340 e. The molecule has 0 unspecified atom stereocenters. The number of allylic oxidation sites excluding steroid dienone is 1. The Hall–Kier alpha value is -2.69. The Morgan fingerprint density at radius 3 is 2.84 bits per heavy atom. The van der Waals surface area contributed by atoms with Crippen LogP contribution in [-0.2, 0) is 6.42 Å². The first-order chi connectivity index (χ1) is 9.18. The number of nitrogens with two attached hydrogens (primary N) is 1. The molecule has 5 nitrogen and oxygen atoms in total. The van der Waals surface area contributed by atoms with Gasteiger partial charge in [0.05, 0.1) is 5.69 Å². The van der Waals surface area contributed by atoms with E-state index in [0.717, 1.165) is 16.8 Å². The van der Waals surface area contributed by atoms with Crippen molar-refractivity contribution in [3.05, 3.63) is 59.1 Å². The quantitative estimate of drug-likeness (QED) is 0.851. The predicted octanol–water partition coefficient (Wildman–Crippen LogP) is 1.74. The van der Waals surface area contributed by atoms with Crippen LogP contribution in [0, 0.1) is 0 Å².